The minimum atomic E-state index is -0.236. The fourth-order valence-electron chi connectivity index (χ4n) is 3.31. The van der Waals surface area contributed by atoms with Crippen molar-refractivity contribution in [3.05, 3.63) is 23.8 Å². The third-order valence-electron chi connectivity index (χ3n) is 4.65. The second-order valence-electron chi connectivity index (χ2n) is 6.54. The van der Waals surface area contributed by atoms with Gasteiger partial charge in [-0.05, 0) is 37.5 Å². The van der Waals surface area contributed by atoms with Crippen molar-refractivity contribution in [2.24, 2.45) is 5.73 Å². The zero-order valence-electron chi connectivity index (χ0n) is 15.0. The molecule has 0 spiro atoms. The Kier molecular flexibility index (Phi) is 7.44. The maximum atomic E-state index is 13.0. The number of hydrogen-bond acceptors (Lipinski definition) is 5. The number of carbonyl (C=O) groups is 3. The lowest BCUT2D eigenvalue weighted by atomic mass is 10.00. The fraction of sp³-hybridized carbons (Fsp3) is 0.500. The second kappa shape index (κ2) is 9.57. The fourth-order valence-corrected chi connectivity index (χ4v) is 3.31. The van der Waals surface area contributed by atoms with Gasteiger partial charge in [-0.3, -0.25) is 14.4 Å². The zero-order chi connectivity index (χ0) is 18.5. The molecule has 3 rings (SSSR count). The monoisotopic (exact) mass is 396 g/mol. The molecule has 0 aliphatic carbocycles. The number of likely N-dealkylation sites (tertiary alicyclic amines) is 1. The summed E-state index contributed by atoms with van der Waals surface area (Å²) in [6.07, 6.45) is 3.09. The van der Waals surface area contributed by atoms with Gasteiger partial charge in [-0.1, -0.05) is 0 Å². The largest absolute Gasteiger partial charge is 0.482 e. The molecular formula is C18H25ClN4O4. The Bertz CT molecular complexity index is 713. The maximum absolute atomic E-state index is 13.0. The van der Waals surface area contributed by atoms with Crippen molar-refractivity contribution in [1.29, 1.82) is 0 Å². The molecule has 2 aliphatic heterocycles. The van der Waals surface area contributed by atoms with Gasteiger partial charge in [0.25, 0.3) is 11.8 Å². The van der Waals surface area contributed by atoms with Crippen molar-refractivity contribution in [3.8, 4) is 5.75 Å². The molecule has 27 heavy (non-hydrogen) atoms. The van der Waals surface area contributed by atoms with Gasteiger partial charge < -0.3 is 26.0 Å². The van der Waals surface area contributed by atoms with Gasteiger partial charge in [0, 0.05) is 37.7 Å². The average molecular weight is 397 g/mol. The number of amides is 3. The molecule has 9 heteroatoms. The molecule has 2 heterocycles. The molecule has 1 aromatic rings. The Morgan fingerprint density at radius 2 is 2.15 bits per heavy atom. The molecule has 1 atom stereocenters. The number of anilines is 1. The van der Waals surface area contributed by atoms with E-state index in [4.69, 9.17) is 10.5 Å². The summed E-state index contributed by atoms with van der Waals surface area (Å²) < 4.78 is 5.33. The Balaban J connectivity index is 0.00000261. The highest BCUT2D eigenvalue weighted by Crippen LogP contribution is 2.29. The molecule has 0 aromatic heterocycles. The topological polar surface area (TPSA) is 114 Å². The Morgan fingerprint density at radius 1 is 1.33 bits per heavy atom. The molecule has 148 valence electrons. The van der Waals surface area contributed by atoms with Gasteiger partial charge in [-0.2, -0.15) is 0 Å². The summed E-state index contributed by atoms with van der Waals surface area (Å²) in [6, 6.07) is 5.01. The van der Waals surface area contributed by atoms with E-state index in [0.717, 1.165) is 19.3 Å². The van der Waals surface area contributed by atoms with Crippen LogP contribution in [0.1, 0.15) is 36.0 Å². The predicted octanol–water partition coefficient (Wildman–Crippen LogP) is 0.899. The van der Waals surface area contributed by atoms with Crippen molar-refractivity contribution in [2.75, 3.05) is 31.6 Å². The molecule has 8 nitrogen and oxygen atoms in total. The number of ether oxygens (including phenoxy) is 1. The quantitative estimate of drug-likeness (QED) is 0.684. The van der Waals surface area contributed by atoms with E-state index in [9.17, 15) is 14.4 Å². The van der Waals surface area contributed by atoms with E-state index >= 15 is 0 Å². The molecule has 0 bridgehead atoms. The van der Waals surface area contributed by atoms with E-state index < -0.39 is 0 Å². The molecular weight excluding hydrogens is 372 g/mol. The van der Waals surface area contributed by atoms with Gasteiger partial charge in [-0.15, -0.1) is 12.4 Å². The van der Waals surface area contributed by atoms with E-state index in [1.165, 1.54) is 0 Å². The van der Waals surface area contributed by atoms with Crippen molar-refractivity contribution in [3.63, 3.8) is 0 Å². The molecule has 2 aliphatic rings. The van der Waals surface area contributed by atoms with Gasteiger partial charge in [-0.25, -0.2) is 0 Å². The summed E-state index contributed by atoms with van der Waals surface area (Å²) >= 11 is 0. The highest BCUT2D eigenvalue weighted by Gasteiger charge is 2.28. The molecule has 1 fully saturated rings. The number of nitrogens with one attached hydrogen (secondary N) is 2. The molecule has 1 unspecified atom stereocenters. The van der Waals surface area contributed by atoms with Gasteiger partial charge >= 0.3 is 0 Å². The summed E-state index contributed by atoms with van der Waals surface area (Å²) in [5, 5.41) is 5.58. The SMILES string of the molecule is Cl.NCCC(=O)NCC1CCCCN1C(=O)c1ccc2c(c1)NC(=O)CO2. The van der Waals surface area contributed by atoms with Gasteiger partial charge in [0.1, 0.15) is 5.75 Å². The predicted molar refractivity (Wildman–Crippen MR) is 103 cm³/mol. The lowest BCUT2D eigenvalue weighted by Gasteiger charge is -2.36. The number of piperidine rings is 1. The van der Waals surface area contributed by atoms with Crippen LogP contribution >= 0.6 is 12.4 Å². The lowest BCUT2D eigenvalue weighted by Crippen LogP contribution is -2.49. The van der Waals surface area contributed by atoms with Crippen LogP contribution in [0.25, 0.3) is 0 Å². The van der Waals surface area contributed by atoms with Crippen LogP contribution in [0, 0.1) is 0 Å². The minimum absolute atomic E-state index is 0. The number of hydrogen-bond donors (Lipinski definition) is 3. The number of nitrogens with two attached hydrogens (primary N) is 1. The molecule has 0 saturated carbocycles. The molecule has 0 radical (unpaired) electrons. The van der Waals surface area contributed by atoms with Crippen LogP contribution in [0.2, 0.25) is 0 Å². The smallest absolute Gasteiger partial charge is 0.262 e. The van der Waals surface area contributed by atoms with Crippen molar-refractivity contribution < 1.29 is 19.1 Å². The number of rotatable bonds is 5. The highest BCUT2D eigenvalue weighted by atomic mass is 35.5. The summed E-state index contributed by atoms with van der Waals surface area (Å²) in [6.45, 7) is 1.37. The first kappa shape index (κ1) is 21.0. The summed E-state index contributed by atoms with van der Waals surface area (Å²) in [5.74, 6) is 0.121. The van der Waals surface area contributed by atoms with E-state index in [0.29, 0.717) is 36.6 Å². The van der Waals surface area contributed by atoms with E-state index in [1.807, 2.05) is 0 Å². The van der Waals surface area contributed by atoms with E-state index in [-0.39, 0.29) is 49.2 Å². The van der Waals surface area contributed by atoms with Crippen LogP contribution in [-0.2, 0) is 9.59 Å². The maximum Gasteiger partial charge on any atom is 0.262 e. The first-order valence-electron chi connectivity index (χ1n) is 8.93. The van der Waals surface area contributed by atoms with Crippen molar-refractivity contribution in [2.45, 2.75) is 31.7 Å². The number of halogens is 1. The Morgan fingerprint density at radius 3 is 2.93 bits per heavy atom. The first-order valence-corrected chi connectivity index (χ1v) is 8.93. The van der Waals surface area contributed by atoms with Crippen LogP contribution in [-0.4, -0.2) is 54.9 Å². The number of fused-ring (bicyclic) bond motifs is 1. The minimum Gasteiger partial charge on any atom is -0.482 e. The Hall–Kier alpha value is -2.32. The van der Waals surface area contributed by atoms with Crippen LogP contribution in [0.5, 0.6) is 5.75 Å². The summed E-state index contributed by atoms with van der Waals surface area (Å²) in [4.78, 5) is 37.9. The van der Waals surface area contributed by atoms with Crippen LogP contribution in [0.4, 0.5) is 5.69 Å². The van der Waals surface area contributed by atoms with Crippen molar-refractivity contribution >= 4 is 35.8 Å². The average Bonchev–Trinajstić information content (AvgIpc) is 2.65. The van der Waals surface area contributed by atoms with Crippen LogP contribution < -0.4 is 21.1 Å². The van der Waals surface area contributed by atoms with E-state index in [1.54, 1.807) is 23.1 Å². The standard InChI is InChI=1S/C18H24N4O4.ClH/c19-7-6-16(23)20-10-13-3-1-2-8-22(13)18(25)12-4-5-15-14(9-12)21-17(24)11-26-15;/h4-5,9,13H,1-3,6-8,10-11,19H2,(H,20,23)(H,21,24);1H. The third-order valence-corrected chi connectivity index (χ3v) is 4.65. The first-order chi connectivity index (χ1) is 12.6. The third kappa shape index (κ3) is 5.11. The Labute approximate surface area is 164 Å². The van der Waals surface area contributed by atoms with Crippen molar-refractivity contribution in [1.82, 2.24) is 10.2 Å². The number of benzene rings is 1. The summed E-state index contributed by atoms with van der Waals surface area (Å²) in [5.41, 5.74) is 6.40. The highest BCUT2D eigenvalue weighted by molar-refractivity contribution is 6.00. The van der Waals surface area contributed by atoms with Gasteiger partial charge in [0.15, 0.2) is 6.61 Å². The molecule has 3 amide bonds. The molecule has 1 saturated heterocycles. The number of nitrogens with zero attached hydrogens (tertiary/aromatic N) is 1. The van der Waals surface area contributed by atoms with Gasteiger partial charge in [0.05, 0.1) is 5.69 Å². The normalized spacial score (nSPS) is 18.5. The second-order valence-corrected chi connectivity index (χ2v) is 6.54. The van der Waals surface area contributed by atoms with Crippen LogP contribution in [0.3, 0.4) is 0 Å². The lowest BCUT2D eigenvalue weighted by molar-refractivity contribution is -0.121. The van der Waals surface area contributed by atoms with Gasteiger partial charge in [0.2, 0.25) is 5.91 Å². The van der Waals surface area contributed by atoms with E-state index in [2.05, 4.69) is 10.6 Å². The molecule has 4 N–H and O–H groups in total. The number of carbonyl (C=O) groups excluding carboxylic acids is 3. The molecule has 1 aromatic carbocycles. The summed E-state index contributed by atoms with van der Waals surface area (Å²) in [7, 11) is 0. The zero-order valence-corrected chi connectivity index (χ0v) is 15.8. The van der Waals surface area contributed by atoms with Crippen LogP contribution in [0.15, 0.2) is 18.2 Å².